The summed E-state index contributed by atoms with van der Waals surface area (Å²) in [6.45, 7) is 3.72. The number of benzene rings is 1. The van der Waals surface area contributed by atoms with Gasteiger partial charge in [0.25, 0.3) is 5.91 Å². The molecule has 4 heteroatoms. The van der Waals surface area contributed by atoms with Crippen LogP contribution in [0.1, 0.15) is 21.7 Å². The highest BCUT2D eigenvalue weighted by atomic mass is 35.5. The van der Waals surface area contributed by atoms with Crippen LogP contribution < -0.4 is 0 Å². The molecule has 0 aliphatic rings. The third-order valence-corrected chi connectivity index (χ3v) is 2.76. The van der Waals surface area contributed by atoms with Gasteiger partial charge >= 0.3 is 0 Å². The van der Waals surface area contributed by atoms with E-state index in [2.05, 4.69) is 5.10 Å². The number of allylic oxidation sites excluding steroid dienone is 1. The van der Waals surface area contributed by atoms with Crippen LogP contribution in [0.25, 0.3) is 6.08 Å². The number of hydrogen-bond acceptors (Lipinski definition) is 2. The van der Waals surface area contributed by atoms with Crippen molar-refractivity contribution in [3.05, 3.63) is 58.4 Å². The smallest absolute Gasteiger partial charge is 0.267 e. The Morgan fingerprint density at radius 3 is 2.50 bits per heavy atom. The van der Waals surface area contributed by atoms with E-state index in [9.17, 15) is 4.79 Å². The summed E-state index contributed by atoms with van der Waals surface area (Å²) in [5.41, 5.74) is 2.59. The van der Waals surface area contributed by atoms with Gasteiger partial charge in [0.15, 0.2) is 0 Å². The van der Waals surface area contributed by atoms with Crippen LogP contribution in [-0.2, 0) is 0 Å². The maximum atomic E-state index is 11.9. The van der Waals surface area contributed by atoms with E-state index in [4.69, 9.17) is 11.6 Å². The van der Waals surface area contributed by atoms with E-state index in [1.807, 2.05) is 32.0 Å². The second-order valence-corrected chi connectivity index (χ2v) is 4.50. The van der Waals surface area contributed by atoms with E-state index in [1.165, 1.54) is 10.8 Å². The highest BCUT2D eigenvalue weighted by Gasteiger charge is 2.06. The maximum Gasteiger partial charge on any atom is 0.271 e. The topological polar surface area (TPSA) is 34.9 Å². The first-order valence-corrected chi connectivity index (χ1v) is 5.95. The number of nitrogens with zero attached hydrogens (tertiary/aromatic N) is 2. The van der Waals surface area contributed by atoms with Crippen LogP contribution in [0.3, 0.4) is 0 Å². The first kappa shape index (κ1) is 12.6. The summed E-state index contributed by atoms with van der Waals surface area (Å²) in [5.74, 6) is -0.157. The molecule has 3 nitrogen and oxygen atoms in total. The molecule has 0 saturated heterocycles. The quantitative estimate of drug-likeness (QED) is 0.775. The van der Waals surface area contributed by atoms with Crippen molar-refractivity contribution in [3.8, 4) is 0 Å². The normalized spacial score (nSPS) is 11.1. The molecule has 0 unspecified atom stereocenters. The minimum atomic E-state index is -0.157. The number of aromatic nitrogens is 2. The van der Waals surface area contributed by atoms with Crippen LogP contribution in [0.15, 0.2) is 36.4 Å². The molecule has 0 saturated carbocycles. The minimum Gasteiger partial charge on any atom is -0.267 e. The Labute approximate surface area is 111 Å². The predicted molar refractivity (Wildman–Crippen MR) is 72.8 cm³/mol. The summed E-state index contributed by atoms with van der Waals surface area (Å²) in [6, 6.07) is 9.15. The number of carbonyl (C=O) groups excluding carboxylic acids is 1. The molecule has 1 heterocycles. The van der Waals surface area contributed by atoms with Gasteiger partial charge < -0.3 is 0 Å². The lowest BCUT2D eigenvalue weighted by molar-refractivity contribution is 0.0952. The minimum absolute atomic E-state index is 0.157. The van der Waals surface area contributed by atoms with E-state index in [0.29, 0.717) is 5.02 Å². The molecule has 0 radical (unpaired) electrons. The Hall–Kier alpha value is -1.87. The van der Waals surface area contributed by atoms with Crippen LogP contribution in [0, 0.1) is 13.8 Å². The molecule has 0 aliphatic heterocycles. The average Bonchev–Trinajstić information content (AvgIpc) is 2.67. The van der Waals surface area contributed by atoms with Crippen molar-refractivity contribution >= 4 is 23.6 Å². The van der Waals surface area contributed by atoms with Crippen LogP contribution in [-0.4, -0.2) is 15.7 Å². The zero-order valence-electron chi connectivity index (χ0n) is 10.2. The van der Waals surface area contributed by atoms with E-state index < -0.39 is 0 Å². The van der Waals surface area contributed by atoms with Crippen molar-refractivity contribution in [2.75, 3.05) is 0 Å². The molecular formula is C14H13ClN2O. The molecule has 0 amide bonds. The van der Waals surface area contributed by atoms with E-state index in [1.54, 1.807) is 18.2 Å². The standard InChI is InChI=1S/C14H13ClN2O/c1-10-9-11(2)17(16-10)14(18)8-5-12-3-6-13(15)7-4-12/h3-9H,1-2H3/b8-5-. The maximum absolute atomic E-state index is 11.9. The van der Waals surface area contributed by atoms with Gasteiger partial charge in [0.2, 0.25) is 0 Å². The van der Waals surface area contributed by atoms with Crippen molar-refractivity contribution < 1.29 is 4.79 Å². The number of halogens is 1. The molecule has 1 aromatic heterocycles. The first-order valence-electron chi connectivity index (χ1n) is 5.57. The Bertz CT molecular complexity index is 597. The lowest BCUT2D eigenvalue weighted by Gasteiger charge is -1.98. The molecular weight excluding hydrogens is 248 g/mol. The number of hydrogen-bond donors (Lipinski definition) is 0. The number of aryl methyl sites for hydroxylation is 2. The Balaban J connectivity index is 2.16. The molecule has 2 rings (SSSR count). The summed E-state index contributed by atoms with van der Waals surface area (Å²) in [5, 5.41) is 4.81. The van der Waals surface area contributed by atoms with Gasteiger partial charge in [-0.15, -0.1) is 0 Å². The van der Waals surface area contributed by atoms with Gasteiger partial charge in [0.05, 0.1) is 5.69 Å². The highest BCUT2D eigenvalue weighted by molar-refractivity contribution is 6.30. The summed E-state index contributed by atoms with van der Waals surface area (Å²) in [4.78, 5) is 11.9. The first-order chi connectivity index (χ1) is 8.56. The van der Waals surface area contributed by atoms with Crippen molar-refractivity contribution in [2.24, 2.45) is 0 Å². The van der Waals surface area contributed by atoms with Crippen LogP contribution in [0.5, 0.6) is 0 Å². The Kier molecular flexibility index (Phi) is 3.63. The highest BCUT2D eigenvalue weighted by Crippen LogP contribution is 2.11. The molecule has 92 valence electrons. The third kappa shape index (κ3) is 2.87. The summed E-state index contributed by atoms with van der Waals surface area (Å²) in [7, 11) is 0. The zero-order chi connectivity index (χ0) is 13.1. The van der Waals surface area contributed by atoms with Crippen LogP contribution >= 0.6 is 11.6 Å². The lowest BCUT2D eigenvalue weighted by Crippen LogP contribution is -2.10. The van der Waals surface area contributed by atoms with E-state index in [-0.39, 0.29) is 5.91 Å². The fraction of sp³-hybridized carbons (Fsp3) is 0.143. The van der Waals surface area contributed by atoms with E-state index >= 15 is 0 Å². The molecule has 0 bridgehead atoms. The molecule has 0 fully saturated rings. The number of rotatable bonds is 2. The predicted octanol–water partition coefficient (Wildman–Crippen LogP) is 3.51. The zero-order valence-corrected chi connectivity index (χ0v) is 11.0. The lowest BCUT2D eigenvalue weighted by atomic mass is 10.2. The third-order valence-electron chi connectivity index (χ3n) is 2.51. The second-order valence-electron chi connectivity index (χ2n) is 4.06. The van der Waals surface area contributed by atoms with Gasteiger partial charge in [0.1, 0.15) is 0 Å². The Morgan fingerprint density at radius 2 is 1.94 bits per heavy atom. The molecule has 2 aromatic rings. The molecule has 1 aromatic carbocycles. The molecule has 0 spiro atoms. The van der Waals surface area contributed by atoms with Crippen LogP contribution in [0.2, 0.25) is 5.02 Å². The Morgan fingerprint density at radius 1 is 1.28 bits per heavy atom. The monoisotopic (exact) mass is 260 g/mol. The van der Waals surface area contributed by atoms with Gasteiger partial charge in [-0.05, 0) is 43.7 Å². The van der Waals surface area contributed by atoms with Crippen molar-refractivity contribution in [2.45, 2.75) is 13.8 Å². The van der Waals surface area contributed by atoms with Gasteiger partial charge in [-0.2, -0.15) is 5.10 Å². The fourth-order valence-electron chi connectivity index (χ4n) is 1.66. The number of carbonyl (C=O) groups is 1. The van der Waals surface area contributed by atoms with Crippen LogP contribution in [0.4, 0.5) is 0 Å². The molecule has 0 aliphatic carbocycles. The van der Waals surface area contributed by atoms with Crippen molar-refractivity contribution in [3.63, 3.8) is 0 Å². The molecule has 18 heavy (non-hydrogen) atoms. The van der Waals surface area contributed by atoms with Crippen molar-refractivity contribution in [1.29, 1.82) is 0 Å². The molecule has 0 N–H and O–H groups in total. The van der Waals surface area contributed by atoms with Gasteiger partial charge in [-0.3, -0.25) is 4.79 Å². The van der Waals surface area contributed by atoms with Gasteiger partial charge in [-0.25, -0.2) is 4.68 Å². The summed E-state index contributed by atoms with van der Waals surface area (Å²) >= 11 is 5.79. The second kappa shape index (κ2) is 5.19. The summed E-state index contributed by atoms with van der Waals surface area (Å²) < 4.78 is 1.39. The van der Waals surface area contributed by atoms with Gasteiger partial charge in [0, 0.05) is 16.8 Å². The molecule has 0 atom stereocenters. The van der Waals surface area contributed by atoms with Gasteiger partial charge in [-0.1, -0.05) is 23.7 Å². The largest absolute Gasteiger partial charge is 0.271 e. The average molecular weight is 261 g/mol. The fourth-order valence-corrected chi connectivity index (χ4v) is 1.79. The summed E-state index contributed by atoms with van der Waals surface area (Å²) in [6.07, 6.45) is 3.25. The van der Waals surface area contributed by atoms with Crippen molar-refractivity contribution in [1.82, 2.24) is 9.78 Å². The van der Waals surface area contributed by atoms with E-state index in [0.717, 1.165) is 17.0 Å². The SMILES string of the molecule is Cc1cc(C)n(C(=O)/C=C\c2ccc(Cl)cc2)n1.